The Morgan fingerprint density at radius 3 is 2.52 bits per heavy atom. The summed E-state index contributed by atoms with van der Waals surface area (Å²) in [5.74, 6) is 0.457. The molecule has 1 aromatic heterocycles. The van der Waals surface area contributed by atoms with Gasteiger partial charge in [0.25, 0.3) is 0 Å². The highest BCUT2D eigenvalue weighted by atomic mass is 16.1. The molecule has 0 saturated carbocycles. The number of anilines is 1. The summed E-state index contributed by atoms with van der Waals surface area (Å²) in [6.07, 6.45) is 2.31. The molecule has 0 fully saturated rings. The number of H-pyrrole nitrogens is 1. The first-order chi connectivity index (χ1) is 12.1. The maximum atomic E-state index is 12.4. The van der Waals surface area contributed by atoms with Crippen molar-refractivity contribution in [1.29, 1.82) is 0 Å². The van der Waals surface area contributed by atoms with Gasteiger partial charge in [-0.1, -0.05) is 50.2 Å². The molecule has 0 bridgehead atoms. The quantitative estimate of drug-likeness (QED) is 0.612. The Morgan fingerprint density at radius 1 is 1.04 bits per heavy atom. The minimum atomic E-state index is 0.0465. The summed E-state index contributed by atoms with van der Waals surface area (Å²) in [4.78, 5) is 15.6. The number of hydrogen-bond acceptors (Lipinski definition) is 2. The number of carbonyl (C=O) groups is 1. The number of rotatable bonds is 7. The van der Waals surface area contributed by atoms with Crippen LogP contribution in [-0.2, 0) is 11.2 Å². The van der Waals surface area contributed by atoms with Crippen molar-refractivity contribution in [3.05, 3.63) is 66.4 Å². The first-order valence-electron chi connectivity index (χ1n) is 8.77. The Labute approximate surface area is 148 Å². The number of hydrogen-bond donors (Lipinski definition) is 3. The van der Waals surface area contributed by atoms with Crippen LogP contribution in [-0.4, -0.2) is 23.5 Å². The minimum Gasteiger partial charge on any atom is -0.380 e. The number of aromatic amines is 1. The standard InChI is InChI=1S/C21H25N3O/c1-15(2)20(24-17-8-4-3-5-9-17)14-23-21(25)12-16-13-22-19-11-7-6-10-18(16)19/h3-11,13,15,20,22,24H,12,14H2,1-2H3,(H,23,25). The van der Waals surface area contributed by atoms with Crippen molar-refractivity contribution in [2.45, 2.75) is 26.3 Å². The van der Waals surface area contributed by atoms with Crippen molar-refractivity contribution >= 4 is 22.5 Å². The maximum absolute atomic E-state index is 12.4. The number of amides is 1. The average molecular weight is 335 g/mol. The van der Waals surface area contributed by atoms with Crippen molar-refractivity contribution in [3.63, 3.8) is 0 Å². The summed E-state index contributed by atoms with van der Waals surface area (Å²) in [5.41, 5.74) is 3.17. The van der Waals surface area contributed by atoms with E-state index in [0.29, 0.717) is 18.9 Å². The van der Waals surface area contributed by atoms with E-state index in [-0.39, 0.29) is 11.9 Å². The highest BCUT2D eigenvalue weighted by Crippen LogP contribution is 2.18. The molecule has 0 radical (unpaired) electrons. The van der Waals surface area contributed by atoms with E-state index in [4.69, 9.17) is 0 Å². The Bertz CT molecular complexity index is 823. The summed E-state index contributed by atoms with van der Waals surface area (Å²) in [7, 11) is 0. The fourth-order valence-corrected chi connectivity index (χ4v) is 2.94. The van der Waals surface area contributed by atoms with Crippen molar-refractivity contribution in [3.8, 4) is 0 Å². The lowest BCUT2D eigenvalue weighted by molar-refractivity contribution is -0.120. The molecule has 130 valence electrons. The molecule has 0 aliphatic rings. The SMILES string of the molecule is CC(C)C(CNC(=O)Cc1c[nH]c2ccccc12)Nc1ccccc1. The van der Waals surface area contributed by atoms with E-state index in [9.17, 15) is 4.79 Å². The number of para-hydroxylation sites is 2. The Hall–Kier alpha value is -2.75. The summed E-state index contributed by atoms with van der Waals surface area (Å²) < 4.78 is 0. The number of carbonyl (C=O) groups excluding carboxylic acids is 1. The Kier molecular flexibility index (Phi) is 5.39. The van der Waals surface area contributed by atoms with Gasteiger partial charge >= 0.3 is 0 Å². The van der Waals surface area contributed by atoms with Crippen molar-refractivity contribution in [2.24, 2.45) is 5.92 Å². The predicted octanol–water partition coefficient (Wildman–Crippen LogP) is 3.96. The predicted molar refractivity (Wildman–Crippen MR) is 104 cm³/mol. The molecule has 3 rings (SSSR count). The highest BCUT2D eigenvalue weighted by molar-refractivity contribution is 5.88. The summed E-state index contributed by atoms with van der Waals surface area (Å²) in [6.45, 7) is 4.92. The molecule has 3 aromatic rings. The van der Waals surface area contributed by atoms with E-state index in [1.807, 2.05) is 60.8 Å². The molecule has 1 atom stereocenters. The number of benzene rings is 2. The van der Waals surface area contributed by atoms with Gasteiger partial charge in [-0.05, 0) is 29.7 Å². The van der Waals surface area contributed by atoms with Crippen LogP contribution in [0.2, 0.25) is 0 Å². The number of nitrogens with one attached hydrogen (secondary N) is 3. The van der Waals surface area contributed by atoms with Gasteiger partial charge in [0.2, 0.25) is 5.91 Å². The smallest absolute Gasteiger partial charge is 0.224 e. The monoisotopic (exact) mass is 335 g/mol. The van der Waals surface area contributed by atoms with E-state index < -0.39 is 0 Å². The van der Waals surface area contributed by atoms with Crippen LogP contribution >= 0.6 is 0 Å². The second-order valence-electron chi connectivity index (χ2n) is 6.70. The first kappa shape index (κ1) is 17.1. The summed E-state index contributed by atoms with van der Waals surface area (Å²) in [6, 6.07) is 18.4. The average Bonchev–Trinajstić information content (AvgIpc) is 3.02. The zero-order valence-corrected chi connectivity index (χ0v) is 14.8. The van der Waals surface area contributed by atoms with Gasteiger partial charge < -0.3 is 15.6 Å². The molecule has 1 amide bonds. The molecule has 25 heavy (non-hydrogen) atoms. The van der Waals surface area contributed by atoms with Crippen molar-refractivity contribution < 1.29 is 4.79 Å². The van der Waals surface area contributed by atoms with E-state index in [1.165, 1.54) is 0 Å². The van der Waals surface area contributed by atoms with Gasteiger partial charge in [-0.25, -0.2) is 0 Å². The fourth-order valence-electron chi connectivity index (χ4n) is 2.94. The molecule has 0 aliphatic carbocycles. The van der Waals surface area contributed by atoms with E-state index in [1.54, 1.807) is 0 Å². The molecule has 0 spiro atoms. The van der Waals surface area contributed by atoms with Crippen molar-refractivity contribution in [1.82, 2.24) is 10.3 Å². The van der Waals surface area contributed by atoms with Gasteiger partial charge in [0, 0.05) is 35.4 Å². The van der Waals surface area contributed by atoms with Gasteiger partial charge in [-0.15, -0.1) is 0 Å². The van der Waals surface area contributed by atoms with Crippen LogP contribution in [0.5, 0.6) is 0 Å². The Morgan fingerprint density at radius 2 is 1.76 bits per heavy atom. The van der Waals surface area contributed by atoms with Crippen LogP contribution in [0.25, 0.3) is 10.9 Å². The molecule has 0 aliphatic heterocycles. The van der Waals surface area contributed by atoms with Gasteiger partial charge in [0.05, 0.1) is 6.42 Å². The fraction of sp³-hybridized carbons (Fsp3) is 0.286. The first-order valence-corrected chi connectivity index (χ1v) is 8.77. The Balaban J connectivity index is 1.58. The topological polar surface area (TPSA) is 56.9 Å². The van der Waals surface area contributed by atoms with Gasteiger partial charge in [0.1, 0.15) is 0 Å². The van der Waals surface area contributed by atoms with Gasteiger partial charge in [0.15, 0.2) is 0 Å². The largest absolute Gasteiger partial charge is 0.380 e. The van der Waals surface area contributed by atoms with Crippen LogP contribution in [0.15, 0.2) is 60.8 Å². The van der Waals surface area contributed by atoms with E-state index in [0.717, 1.165) is 22.2 Å². The lowest BCUT2D eigenvalue weighted by Gasteiger charge is -2.24. The normalized spacial score (nSPS) is 12.3. The second kappa shape index (κ2) is 7.88. The van der Waals surface area contributed by atoms with E-state index >= 15 is 0 Å². The zero-order chi connectivity index (χ0) is 17.6. The molecule has 4 heteroatoms. The molecule has 1 heterocycles. The molecule has 0 saturated heterocycles. The van der Waals surface area contributed by atoms with Crippen LogP contribution in [0.4, 0.5) is 5.69 Å². The van der Waals surface area contributed by atoms with E-state index in [2.05, 4.69) is 29.5 Å². The zero-order valence-electron chi connectivity index (χ0n) is 14.8. The van der Waals surface area contributed by atoms with Crippen LogP contribution in [0.1, 0.15) is 19.4 Å². The van der Waals surface area contributed by atoms with Gasteiger partial charge in [-0.3, -0.25) is 4.79 Å². The summed E-state index contributed by atoms with van der Waals surface area (Å²) in [5, 5.41) is 7.68. The summed E-state index contributed by atoms with van der Waals surface area (Å²) >= 11 is 0. The third-order valence-corrected chi connectivity index (χ3v) is 4.48. The van der Waals surface area contributed by atoms with Gasteiger partial charge in [-0.2, -0.15) is 0 Å². The molecule has 4 nitrogen and oxygen atoms in total. The van der Waals surface area contributed by atoms with Crippen LogP contribution < -0.4 is 10.6 Å². The second-order valence-corrected chi connectivity index (χ2v) is 6.70. The molecular weight excluding hydrogens is 310 g/mol. The lowest BCUT2D eigenvalue weighted by atomic mass is 10.0. The number of fused-ring (bicyclic) bond motifs is 1. The molecular formula is C21H25N3O. The van der Waals surface area contributed by atoms with Crippen LogP contribution in [0.3, 0.4) is 0 Å². The molecule has 1 unspecified atom stereocenters. The van der Waals surface area contributed by atoms with Crippen molar-refractivity contribution in [2.75, 3.05) is 11.9 Å². The lowest BCUT2D eigenvalue weighted by Crippen LogP contribution is -2.40. The highest BCUT2D eigenvalue weighted by Gasteiger charge is 2.15. The minimum absolute atomic E-state index is 0.0465. The van der Waals surface area contributed by atoms with Crippen LogP contribution in [0, 0.1) is 5.92 Å². The molecule has 2 aromatic carbocycles. The maximum Gasteiger partial charge on any atom is 0.224 e. The third kappa shape index (κ3) is 4.41. The molecule has 3 N–H and O–H groups in total. The number of aromatic nitrogens is 1. The third-order valence-electron chi connectivity index (χ3n) is 4.48.